The summed E-state index contributed by atoms with van der Waals surface area (Å²) >= 11 is 0. The van der Waals surface area contributed by atoms with Crippen molar-refractivity contribution in [1.82, 2.24) is 0 Å². The zero-order valence-electron chi connectivity index (χ0n) is 77.9. The van der Waals surface area contributed by atoms with E-state index in [1.807, 2.05) is 0 Å². The third-order valence-corrected chi connectivity index (χ3v) is 30.1. The summed E-state index contributed by atoms with van der Waals surface area (Å²) in [5.74, 6) is 0. The lowest BCUT2D eigenvalue weighted by Crippen LogP contribution is -2.36. The predicted octanol–water partition coefficient (Wildman–Crippen LogP) is 37.2. The zero-order valence-corrected chi connectivity index (χ0v) is 77.9. The van der Waals surface area contributed by atoms with Gasteiger partial charge in [-0.3, -0.25) is 0 Å². The van der Waals surface area contributed by atoms with Crippen LogP contribution in [-0.2, 0) is 10.8 Å². The highest BCUT2D eigenvalue weighted by Crippen LogP contribution is 2.66. The molecule has 0 saturated carbocycles. The minimum Gasteiger partial charge on any atom is -0.310 e. The Hall–Kier alpha value is -18.5. The summed E-state index contributed by atoms with van der Waals surface area (Å²) in [6.45, 7) is 0. The molecule has 4 heteroatoms. The number of hydrogen-bond acceptors (Lipinski definition) is 4. The van der Waals surface area contributed by atoms with Crippen LogP contribution in [0.1, 0.15) is 44.5 Å². The number of nitrogens with zero attached hydrogens (tertiary/aromatic N) is 4. The van der Waals surface area contributed by atoms with E-state index in [1.54, 1.807) is 0 Å². The van der Waals surface area contributed by atoms with E-state index in [0.29, 0.717) is 0 Å². The van der Waals surface area contributed by atoms with Crippen molar-refractivity contribution in [2.45, 2.75) is 10.8 Å². The van der Waals surface area contributed by atoms with Gasteiger partial charge in [-0.15, -0.1) is 0 Å². The van der Waals surface area contributed by atoms with Gasteiger partial charge in [0.15, 0.2) is 0 Å². The van der Waals surface area contributed by atoms with Crippen molar-refractivity contribution in [1.29, 1.82) is 0 Å². The molecule has 0 unspecified atom stereocenters. The van der Waals surface area contributed by atoms with Crippen LogP contribution in [0.3, 0.4) is 0 Å². The van der Waals surface area contributed by atoms with E-state index in [9.17, 15) is 0 Å². The Kier molecular flexibility index (Phi) is 20.1. The molecule has 2 heterocycles. The molecular formula is C138H92N4. The first-order chi connectivity index (χ1) is 70.4. The fourth-order valence-corrected chi connectivity index (χ4v) is 23.8. The lowest BCUT2D eigenvalue weighted by Gasteiger charge is -2.45. The number of rotatable bonds is 14. The molecule has 0 atom stereocenters. The zero-order chi connectivity index (χ0) is 93.8. The highest BCUT2D eigenvalue weighted by Gasteiger charge is 2.54. The Morgan fingerprint density at radius 3 is 0.761 bits per heavy atom. The summed E-state index contributed by atoms with van der Waals surface area (Å²) in [4.78, 5) is 9.66. The van der Waals surface area contributed by atoms with Gasteiger partial charge in [-0.2, -0.15) is 0 Å². The molecule has 4 aliphatic rings. The van der Waals surface area contributed by atoms with E-state index in [0.717, 1.165) is 45.5 Å². The molecule has 142 heavy (non-hydrogen) atoms. The highest BCUT2D eigenvalue weighted by atomic mass is 15.2. The molecule has 0 amide bonds. The van der Waals surface area contributed by atoms with E-state index < -0.39 is 10.8 Å². The molecule has 24 aromatic carbocycles. The van der Waals surface area contributed by atoms with Gasteiger partial charge < -0.3 is 19.6 Å². The molecule has 0 aromatic heterocycles. The minimum absolute atomic E-state index is 0.475. The molecule has 2 aliphatic heterocycles. The second kappa shape index (κ2) is 34.3. The van der Waals surface area contributed by atoms with Crippen LogP contribution in [0.15, 0.2) is 558 Å². The fourth-order valence-electron chi connectivity index (χ4n) is 23.8. The minimum atomic E-state index is -0.477. The largest absolute Gasteiger partial charge is 0.310 e. The normalized spacial score (nSPS) is 12.9. The van der Waals surface area contributed by atoms with Crippen molar-refractivity contribution < 1.29 is 0 Å². The third-order valence-electron chi connectivity index (χ3n) is 30.1. The van der Waals surface area contributed by atoms with E-state index in [4.69, 9.17) is 0 Å². The van der Waals surface area contributed by atoms with Crippen LogP contribution in [0, 0.1) is 0 Å². The average molecular weight is 1810 g/mol. The van der Waals surface area contributed by atoms with Gasteiger partial charge in [0.25, 0.3) is 0 Å². The molecule has 0 saturated heterocycles. The van der Waals surface area contributed by atoms with Gasteiger partial charge in [-0.25, -0.2) is 0 Å². The fraction of sp³-hybridized carbons (Fsp3) is 0.0145. The smallest absolute Gasteiger partial charge is 0.0754 e. The van der Waals surface area contributed by atoms with Gasteiger partial charge in [0.05, 0.1) is 39.3 Å². The van der Waals surface area contributed by atoms with Gasteiger partial charge >= 0.3 is 0 Å². The topological polar surface area (TPSA) is 13.0 Å². The van der Waals surface area contributed by atoms with E-state index in [-0.39, 0.29) is 0 Å². The second-order valence-electron chi connectivity index (χ2n) is 37.6. The van der Waals surface area contributed by atoms with Gasteiger partial charge in [-0.1, -0.05) is 419 Å². The molecule has 4 nitrogen and oxygen atoms in total. The van der Waals surface area contributed by atoms with Crippen molar-refractivity contribution in [2.75, 3.05) is 19.6 Å². The Bertz CT molecular complexity index is 8840. The maximum atomic E-state index is 2.44. The maximum Gasteiger partial charge on any atom is 0.0754 e. The summed E-state index contributed by atoms with van der Waals surface area (Å²) < 4.78 is 0. The number of fused-ring (bicyclic) bond motifs is 24. The van der Waals surface area contributed by atoms with Gasteiger partial charge in [-0.05, 0) is 311 Å². The summed E-state index contributed by atoms with van der Waals surface area (Å²) in [5, 5.41) is 9.80. The molecule has 28 rings (SSSR count). The lowest BCUT2D eigenvalue weighted by atomic mass is 9.64. The van der Waals surface area contributed by atoms with E-state index in [1.165, 1.54) is 199 Å². The molecule has 24 aromatic rings. The molecular weight excluding hydrogens is 1710 g/mol. The Balaban J connectivity index is 0.000000142. The predicted molar refractivity (Wildman–Crippen MR) is 596 cm³/mol. The first-order valence-corrected chi connectivity index (χ1v) is 49.2. The van der Waals surface area contributed by atoms with Gasteiger partial charge in [0.2, 0.25) is 0 Å². The van der Waals surface area contributed by atoms with Crippen molar-refractivity contribution in [2.24, 2.45) is 0 Å². The van der Waals surface area contributed by atoms with Gasteiger partial charge in [0.1, 0.15) is 0 Å². The van der Waals surface area contributed by atoms with Crippen LogP contribution < -0.4 is 19.6 Å². The van der Waals surface area contributed by atoms with Crippen LogP contribution in [-0.4, -0.2) is 0 Å². The molecule has 664 valence electrons. The van der Waals surface area contributed by atoms with Crippen molar-refractivity contribution in [3.05, 3.63) is 603 Å². The van der Waals surface area contributed by atoms with Crippen LogP contribution in [0.5, 0.6) is 0 Å². The first-order valence-electron chi connectivity index (χ1n) is 49.2. The van der Waals surface area contributed by atoms with Crippen LogP contribution in [0.4, 0.5) is 68.2 Å². The summed E-state index contributed by atoms with van der Waals surface area (Å²) in [7, 11) is 0. The van der Waals surface area contributed by atoms with Crippen LogP contribution >= 0.6 is 0 Å². The Morgan fingerprint density at radius 1 is 0.141 bits per heavy atom. The van der Waals surface area contributed by atoms with Crippen molar-refractivity contribution in [3.63, 3.8) is 0 Å². The summed E-state index contributed by atoms with van der Waals surface area (Å²) in [5.41, 5.74) is 42.9. The summed E-state index contributed by atoms with van der Waals surface area (Å²) in [6.07, 6.45) is 0. The Labute approximate surface area is 827 Å². The SMILES string of the molecule is c1ccc(-c2ccc(N(c3ccc(-c4ccccc4)cc3)c3ccc4c(ccc5cc(-c6ccc7c(c6)-c6ccccc6C76c7ccccc7N(c7ccccc7)c7ccccc76)ccc54)c3)cc2)cc1.c1ccc(-c2ccc(N(c3ccc4c(ccc5cc(-c6ccc7c(c6)-c6ccccc6C76c7ccccc7N(c7ccccc7)c7ccccc76)ccc54)c3)c3ccccc3-c3ccccc3)cc2)cc1. The number of benzene rings is 24. The molecule has 2 aliphatic carbocycles. The number of para-hydroxylation sites is 7. The molecule has 0 radical (unpaired) electrons. The van der Waals surface area contributed by atoms with E-state index in [2.05, 4.69) is 578 Å². The third kappa shape index (κ3) is 13.6. The Morgan fingerprint density at radius 2 is 0.387 bits per heavy atom. The van der Waals surface area contributed by atoms with Gasteiger partial charge in [0, 0.05) is 45.4 Å². The van der Waals surface area contributed by atoms with E-state index >= 15 is 0 Å². The maximum absolute atomic E-state index is 2.44. The molecule has 0 bridgehead atoms. The van der Waals surface area contributed by atoms with Crippen molar-refractivity contribution >= 4 is 111 Å². The monoisotopic (exact) mass is 1800 g/mol. The summed E-state index contributed by atoms with van der Waals surface area (Å²) in [6, 6.07) is 205. The average Bonchev–Trinajstić information content (AvgIpc) is 1.51. The molecule has 2 spiro atoms. The molecule has 0 fully saturated rings. The second-order valence-corrected chi connectivity index (χ2v) is 37.6. The lowest BCUT2D eigenvalue weighted by molar-refractivity contribution is 0.753. The quantitative estimate of drug-likeness (QED) is 0.101. The molecule has 0 N–H and O–H groups in total. The van der Waals surface area contributed by atoms with Crippen LogP contribution in [0.25, 0.3) is 132 Å². The van der Waals surface area contributed by atoms with Crippen LogP contribution in [0.2, 0.25) is 0 Å². The van der Waals surface area contributed by atoms with Crippen molar-refractivity contribution in [3.8, 4) is 89.0 Å². The number of anilines is 12. The first kappa shape index (κ1) is 82.9. The standard InChI is InChI=1S/2C69H46N2/c1-4-18-47(19-5-1)48-34-38-55(39-35-48)70(66-29-15-11-24-59(66)49-20-6-2-7-21-49)56-40-42-58-53(45-56)33-32-52-44-50(36-41-57(52)58)51-37-43-63-61(46-51)60-25-10-12-26-62(60)69(63)64-27-13-16-30-67(64)71(54-22-8-3-9-23-54)68-31-17-14-28-65(68)69;1-4-16-47(17-5-1)49-30-36-56(37-31-49)70(57-38-32-50(33-39-57)48-18-6-2-7-19-48)58-40-42-60-54(45-58)29-28-53-44-51(34-41-59(53)60)52-35-43-64-62(46-52)61-22-10-11-23-63(61)69(64)65-24-12-14-26-67(65)71(55-20-8-3-9-21-55)68-27-15-13-25-66(68)69/h2*1-46H. The number of hydrogen-bond donors (Lipinski definition) is 0. The highest BCUT2D eigenvalue weighted by molar-refractivity contribution is 6.12.